The molecule has 2 aromatic carbocycles. The average Bonchev–Trinajstić information content (AvgIpc) is 2.99. The molecule has 2 saturated heterocycles. The van der Waals surface area contributed by atoms with E-state index in [0.717, 1.165) is 32.4 Å². The molecule has 2 heterocycles. The van der Waals surface area contributed by atoms with Gasteiger partial charge >= 0.3 is 0 Å². The number of halogens is 1. The second-order valence-electron chi connectivity index (χ2n) is 12.3. The van der Waals surface area contributed by atoms with Gasteiger partial charge in [-0.1, -0.05) is 18.6 Å². The van der Waals surface area contributed by atoms with Gasteiger partial charge in [-0.3, -0.25) is 14.5 Å². The molecular weight excluding hydrogens is 594 g/mol. The molecule has 240 valence electrons. The molecule has 5 N–H and O–H groups in total. The molecule has 2 aliphatic carbocycles. The molecule has 11 nitrogen and oxygen atoms in total. The van der Waals surface area contributed by atoms with E-state index in [1.165, 1.54) is 26.2 Å². The highest BCUT2D eigenvalue weighted by Gasteiger charge is 2.49. The largest absolute Gasteiger partial charge is 0.507 e. The van der Waals surface area contributed by atoms with Gasteiger partial charge in [-0.25, -0.2) is 0 Å². The number of fused-ring (bicyclic) bond motifs is 3. The number of aliphatic hydroxyl groups excluding tert-OH is 2. The summed E-state index contributed by atoms with van der Waals surface area (Å²) in [5.41, 5.74) is -2.45. The monoisotopic (exact) mass is 633 g/mol. The number of ether oxygens (including phenoxy) is 3. The molecule has 44 heavy (non-hydrogen) atoms. The van der Waals surface area contributed by atoms with Crippen LogP contribution >= 0.6 is 12.4 Å². The number of methoxy groups -OCH3 is 1. The van der Waals surface area contributed by atoms with Crippen LogP contribution < -0.4 is 4.74 Å². The summed E-state index contributed by atoms with van der Waals surface area (Å²) in [7, 11) is 1.37. The van der Waals surface area contributed by atoms with E-state index in [0.29, 0.717) is 6.42 Å². The van der Waals surface area contributed by atoms with Gasteiger partial charge in [0.05, 0.1) is 53.8 Å². The lowest BCUT2D eigenvalue weighted by molar-refractivity contribution is -0.262. The molecule has 7 atom stereocenters. The van der Waals surface area contributed by atoms with Crippen molar-refractivity contribution in [1.82, 2.24) is 4.90 Å². The van der Waals surface area contributed by atoms with Crippen LogP contribution in [0.1, 0.15) is 95.0 Å². The Morgan fingerprint density at radius 2 is 1.73 bits per heavy atom. The number of rotatable bonds is 5. The Morgan fingerprint density at radius 3 is 2.39 bits per heavy atom. The van der Waals surface area contributed by atoms with Crippen molar-refractivity contribution in [3.8, 4) is 17.2 Å². The number of likely N-dealkylation sites (tertiary alicyclic amines) is 1. The normalized spacial score (nSPS) is 30.9. The maximum absolute atomic E-state index is 13.8. The number of hydrogen-bond acceptors (Lipinski definition) is 11. The molecule has 2 aliphatic heterocycles. The van der Waals surface area contributed by atoms with Gasteiger partial charge in [0.15, 0.2) is 12.1 Å². The van der Waals surface area contributed by atoms with Crippen molar-refractivity contribution >= 4 is 24.0 Å². The SMILES string of the molecule is COc1cccc2c1C(=O)c1c(O)c3c(c(O)c1C2=O)C[C@@](O)(C(C)O)C[C@@H]3OC1CC(N2CCCCC2)C(O)C(C)O1.Cl. The molecule has 0 aromatic heterocycles. The third-order valence-corrected chi connectivity index (χ3v) is 9.73. The van der Waals surface area contributed by atoms with Gasteiger partial charge in [0.25, 0.3) is 0 Å². The smallest absolute Gasteiger partial charge is 0.202 e. The van der Waals surface area contributed by atoms with Crippen LogP contribution in [0.5, 0.6) is 17.2 Å². The number of nitrogens with zero attached hydrogens (tertiary/aromatic N) is 1. The molecule has 2 fully saturated rings. The highest BCUT2D eigenvalue weighted by Crippen LogP contribution is 2.53. The molecule has 0 saturated carbocycles. The van der Waals surface area contributed by atoms with Crippen LogP contribution in [0, 0.1) is 0 Å². The summed E-state index contributed by atoms with van der Waals surface area (Å²) in [6, 6.07) is 4.30. The molecule has 0 spiro atoms. The van der Waals surface area contributed by atoms with Crippen LogP contribution in [0.2, 0.25) is 0 Å². The number of carbonyl (C=O) groups excluding carboxylic acids is 2. The molecule has 2 aromatic rings. The van der Waals surface area contributed by atoms with Gasteiger partial charge in [-0.2, -0.15) is 0 Å². The first kappa shape index (κ1) is 32.6. The lowest BCUT2D eigenvalue weighted by Gasteiger charge is -2.46. The van der Waals surface area contributed by atoms with Gasteiger partial charge in [-0.05, 0) is 45.8 Å². The van der Waals surface area contributed by atoms with Crippen LogP contribution in [-0.2, 0) is 15.9 Å². The van der Waals surface area contributed by atoms with Crippen LogP contribution in [0.15, 0.2) is 18.2 Å². The zero-order chi connectivity index (χ0) is 30.8. The fraction of sp³-hybridized carbons (Fsp3) is 0.562. The zero-order valence-electron chi connectivity index (χ0n) is 25.0. The third-order valence-electron chi connectivity index (χ3n) is 9.73. The summed E-state index contributed by atoms with van der Waals surface area (Å²) in [4.78, 5) is 29.7. The van der Waals surface area contributed by atoms with Crippen LogP contribution in [0.3, 0.4) is 0 Å². The Labute approximate surface area is 261 Å². The summed E-state index contributed by atoms with van der Waals surface area (Å²) >= 11 is 0. The summed E-state index contributed by atoms with van der Waals surface area (Å²) in [5, 5.41) is 56.3. The maximum Gasteiger partial charge on any atom is 0.202 e. The van der Waals surface area contributed by atoms with E-state index in [1.54, 1.807) is 13.0 Å². The van der Waals surface area contributed by atoms with E-state index in [-0.39, 0.29) is 70.4 Å². The molecule has 0 bridgehead atoms. The number of aliphatic hydroxyl groups is 3. The maximum atomic E-state index is 13.8. The Morgan fingerprint density at radius 1 is 1.05 bits per heavy atom. The summed E-state index contributed by atoms with van der Waals surface area (Å²) in [5.74, 6) is -2.30. The van der Waals surface area contributed by atoms with Gasteiger partial charge < -0.3 is 39.7 Å². The van der Waals surface area contributed by atoms with Crippen molar-refractivity contribution in [3.05, 3.63) is 51.6 Å². The van der Waals surface area contributed by atoms with Crippen molar-refractivity contribution in [2.24, 2.45) is 0 Å². The predicted octanol–water partition coefficient (Wildman–Crippen LogP) is 2.77. The van der Waals surface area contributed by atoms with Crippen molar-refractivity contribution < 1.29 is 49.3 Å². The fourth-order valence-electron chi connectivity index (χ4n) is 7.29. The lowest BCUT2D eigenvalue weighted by Crippen LogP contribution is -2.56. The quantitative estimate of drug-likeness (QED) is 0.262. The van der Waals surface area contributed by atoms with Crippen molar-refractivity contribution in [2.75, 3.05) is 20.2 Å². The Bertz CT molecular complexity index is 1460. The number of piperidine rings is 1. The summed E-state index contributed by atoms with van der Waals surface area (Å²) in [6.07, 6.45) is -1.55. The van der Waals surface area contributed by atoms with Gasteiger partial charge in [0.2, 0.25) is 5.78 Å². The average molecular weight is 634 g/mol. The number of phenols is 2. The van der Waals surface area contributed by atoms with E-state index in [1.807, 2.05) is 0 Å². The first-order valence-corrected chi connectivity index (χ1v) is 15.0. The van der Waals surface area contributed by atoms with Crippen LogP contribution in [-0.4, -0.2) is 98.4 Å². The van der Waals surface area contributed by atoms with E-state index in [9.17, 15) is 35.1 Å². The fourth-order valence-corrected chi connectivity index (χ4v) is 7.29. The topological polar surface area (TPSA) is 166 Å². The van der Waals surface area contributed by atoms with Crippen molar-refractivity contribution in [1.29, 1.82) is 0 Å². The zero-order valence-corrected chi connectivity index (χ0v) is 25.8. The minimum absolute atomic E-state index is 0. The van der Waals surface area contributed by atoms with E-state index in [4.69, 9.17) is 14.2 Å². The Balaban J connectivity index is 0.00000384. The first-order chi connectivity index (χ1) is 20.5. The summed E-state index contributed by atoms with van der Waals surface area (Å²) < 4.78 is 17.8. The van der Waals surface area contributed by atoms with Crippen molar-refractivity contribution in [2.45, 2.75) is 94.7 Å². The van der Waals surface area contributed by atoms with Crippen LogP contribution in [0.25, 0.3) is 0 Å². The van der Waals surface area contributed by atoms with Gasteiger partial charge in [0.1, 0.15) is 17.2 Å². The minimum atomic E-state index is -1.79. The Kier molecular flexibility index (Phi) is 9.05. The number of benzene rings is 2. The molecule has 4 aliphatic rings. The number of hydrogen-bond donors (Lipinski definition) is 5. The predicted molar refractivity (Wildman–Crippen MR) is 160 cm³/mol. The third kappa shape index (κ3) is 5.18. The molecule has 0 radical (unpaired) electrons. The number of aromatic hydroxyl groups is 2. The standard InChI is InChI=1S/C32H39NO10.ClH/c1-15-27(35)19(33-10-5-4-6-11-33)12-22(42-15)43-21-14-32(40,16(2)34)13-18-24(21)31(39)26-25(29(18)37)28(36)17-8-7-9-20(41-3)23(17)30(26)38;/h7-9,15-16,19,21-22,27,34-35,37,39-40H,4-6,10-14H2,1-3H3;1H/t15?,16?,19?,21-,22?,27?,32-;/m0./s1. The number of phenolic OH excluding ortho intramolecular Hbond substituents is 2. The van der Waals surface area contributed by atoms with Crippen LogP contribution in [0.4, 0.5) is 0 Å². The highest BCUT2D eigenvalue weighted by atomic mass is 35.5. The molecule has 12 heteroatoms. The number of carbonyl (C=O) groups is 2. The van der Waals surface area contributed by atoms with E-state index < -0.39 is 59.4 Å². The highest BCUT2D eigenvalue weighted by molar-refractivity contribution is 6.31. The second-order valence-corrected chi connectivity index (χ2v) is 12.3. The number of ketones is 2. The summed E-state index contributed by atoms with van der Waals surface area (Å²) in [6.45, 7) is 4.86. The van der Waals surface area contributed by atoms with E-state index >= 15 is 0 Å². The molecule has 0 amide bonds. The Hall–Kier alpha value is -2.77. The van der Waals surface area contributed by atoms with Gasteiger partial charge in [0, 0.05) is 42.0 Å². The van der Waals surface area contributed by atoms with Crippen molar-refractivity contribution in [3.63, 3.8) is 0 Å². The molecule has 5 unspecified atom stereocenters. The molecular formula is C32H40ClNO10. The minimum Gasteiger partial charge on any atom is -0.507 e. The van der Waals surface area contributed by atoms with E-state index in [2.05, 4.69) is 4.90 Å². The molecule has 6 rings (SSSR count). The van der Waals surface area contributed by atoms with Gasteiger partial charge in [-0.15, -0.1) is 12.4 Å². The first-order valence-electron chi connectivity index (χ1n) is 15.0. The second kappa shape index (κ2) is 12.2. The lowest BCUT2D eigenvalue weighted by atomic mass is 9.71.